The molecule has 1 aliphatic heterocycles. The lowest BCUT2D eigenvalue weighted by molar-refractivity contribution is -0.137. The highest BCUT2D eigenvalue weighted by Gasteiger charge is 2.36. The summed E-state index contributed by atoms with van der Waals surface area (Å²) in [5, 5.41) is 15.5. The molecule has 3 heterocycles. The van der Waals surface area contributed by atoms with Gasteiger partial charge in [0.25, 0.3) is 0 Å². The Morgan fingerprint density at radius 1 is 1.19 bits per heavy atom. The summed E-state index contributed by atoms with van der Waals surface area (Å²) in [4.78, 5) is 18.7. The highest BCUT2D eigenvalue weighted by molar-refractivity contribution is 5.81. The lowest BCUT2D eigenvalue weighted by atomic mass is 10.00. The van der Waals surface area contributed by atoms with Gasteiger partial charge in [-0.25, -0.2) is 4.98 Å². The first kappa shape index (κ1) is 22.1. The molecule has 170 valence electrons. The van der Waals surface area contributed by atoms with Gasteiger partial charge in [-0.05, 0) is 57.5 Å². The first-order chi connectivity index (χ1) is 14.8. The van der Waals surface area contributed by atoms with Crippen LogP contribution >= 0.6 is 0 Å². The molecule has 6 nitrogen and oxygen atoms in total. The van der Waals surface area contributed by atoms with Crippen LogP contribution in [0.15, 0.2) is 30.5 Å². The van der Waals surface area contributed by atoms with Gasteiger partial charge in [0, 0.05) is 48.1 Å². The number of pyridine rings is 1. The van der Waals surface area contributed by atoms with Crippen molar-refractivity contribution in [1.29, 1.82) is 0 Å². The number of alkyl halides is 3. The smallest absolute Gasteiger partial charge is 0.416 e. The first-order valence-electron chi connectivity index (χ1n) is 10.4. The van der Waals surface area contributed by atoms with Crippen LogP contribution in [0.3, 0.4) is 0 Å². The fourth-order valence-corrected chi connectivity index (χ4v) is 4.27. The van der Waals surface area contributed by atoms with Gasteiger partial charge in [0.15, 0.2) is 5.65 Å². The number of aryl methyl sites for hydroxylation is 1. The number of benzene rings is 1. The van der Waals surface area contributed by atoms with Crippen LogP contribution in [0.4, 0.5) is 13.2 Å². The van der Waals surface area contributed by atoms with Crippen LogP contribution in [0.5, 0.6) is 5.75 Å². The van der Waals surface area contributed by atoms with Gasteiger partial charge in [0.05, 0.1) is 11.3 Å². The minimum absolute atomic E-state index is 0.132. The summed E-state index contributed by atoms with van der Waals surface area (Å²) < 4.78 is 40.8. The zero-order valence-electron chi connectivity index (χ0n) is 18.4. The lowest BCUT2D eigenvalue weighted by Crippen LogP contribution is -2.42. The van der Waals surface area contributed by atoms with Crippen molar-refractivity contribution in [3.63, 3.8) is 0 Å². The standard InChI is InChI=1S/C23H25F3N4O2/c1-13-7-16(23(24,25)26)9-18(31)20(13)17-6-5-15-12-29(28-21(15)27-17)10-14-8-19(32)30(11-14)22(2,3)4/h5-7,9,12,14,31H,8,10-11H2,1-4H3/t14-/m1/s1. The maximum atomic E-state index is 13.0. The van der Waals surface area contributed by atoms with Crippen molar-refractivity contribution in [2.45, 2.75) is 52.4 Å². The van der Waals surface area contributed by atoms with Crippen LogP contribution < -0.4 is 0 Å². The van der Waals surface area contributed by atoms with E-state index in [-0.39, 0.29) is 28.5 Å². The highest BCUT2D eigenvalue weighted by atomic mass is 19.4. The van der Waals surface area contributed by atoms with Gasteiger partial charge < -0.3 is 10.0 Å². The van der Waals surface area contributed by atoms with Crippen LogP contribution in [-0.2, 0) is 17.5 Å². The second kappa shape index (κ2) is 7.50. The Morgan fingerprint density at radius 3 is 2.50 bits per heavy atom. The topological polar surface area (TPSA) is 71.2 Å². The number of halogens is 3. The minimum atomic E-state index is -4.54. The molecule has 1 atom stereocenters. The Kier molecular flexibility index (Phi) is 5.18. The summed E-state index contributed by atoms with van der Waals surface area (Å²) in [6, 6.07) is 5.14. The molecule has 1 amide bonds. The molecule has 1 saturated heterocycles. The number of carbonyl (C=O) groups is 1. The molecule has 0 unspecified atom stereocenters. The highest BCUT2D eigenvalue weighted by Crippen LogP contribution is 2.38. The predicted molar refractivity (Wildman–Crippen MR) is 114 cm³/mol. The zero-order valence-corrected chi connectivity index (χ0v) is 18.4. The third-order valence-electron chi connectivity index (χ3n) is 5.77. The van der Waals surface area contributed by atoms with Crippen LogP contribution in [0, 0.1) is 12.8 Å². The lowest BCUT2D eigenvalue weighted by Gasteiger charge is -2.32. The van der Waals surface area contributed by atoms with Crippen molar-refractivity contribution >= 4 is 16.9 Å². The molecule has 2 aromatic heterocycles. The van der Waals surface area contributed by atoms with Gasteiger partial charge in [0.2, 0.25) is 5.91 Å². The van der Waals surface area contributed by atoms with Gasteiger partial charge in [-0.2, -0.15) is 18.3 Å². The number of carbonyl (C=O) groups excluding carboxylic acids is 1. The second-order valence-electron chi connectivity index (χ2n) is 9.39. The van der Waals surface area contributed by atoms with Gasteiger partial charge in [-0.15, -0.1) is 0 Å². The summed E-state index contributed by atoms with van der Waals surface area (Å²) in [5.74, 6) is -0.208. The second-order valence-corrected chi connectivity index (χ2v) is 9.39. The zero-order chi connectivity index (χ0) is 23.4. The van der Waals surface area contributed by atoms with Gasteiger partial charge in [0.1, 0.15) is 5.75 Å². The molecule has 0 aliphatic carbocycles. The number of rotatable bonds is 3. The molecule has 3 aromatic rings. The molecule has 1 fully saturated rings. The molecule has 0 bridgehead atoms. The minimum Gasteiger partial charge on any atom is -0.507 e. The van der Waals surface area contributed by atoms with E-state index in [9.17, 15) is 23.1 Å². The van der Waals surface area contributed by atoms with E-state index in [1.54, 1.807) is 16.8 Å². The summed E-state index contributed by atoms with van der Waals surface area (Å²) in [7, 11) is 0. The van der Waals surface area contributed by atoms with E-state index in [2.05, 4.69) is 10.1 Å². The van der Waals surface area contributed by atoms with E-state index in [0.29, 0.717) is 36.9 Å². The summed E-state index contributed by atoms with van der Waals surface area (Å²) in [6.45, 7) is 8.77. The van der Waals surface area contributed by atoms with E-state index >= 15 is 0 Å². The number of aromatic nitrogens is 3. The van der Waals surface area contributed by atoms with E-state index < -0.39 is 17.5 Å². The third-order valence-corrected chi connectivity index (χ3v) is 5.77. The molecule has 4 rings (SSSR count). The Balaban J connectivity index is 1.60. The molecule has 0 saturated carbocycles. The first-order valence-corrected chi connectivity index (χ1v) is 10.4. The SMILES string of the molecule is Cc1cc(C(F)(F)F)cc(O)c1-c1ccc2cn(C[C@H]3CC(=O)N(C(C)(C)C)C3)nc2n1. The van der Waals surface area contributed by atoms with Gasteiger partial charge in [-0.3, -0.25) is 9.48 Å². The van der Waals surface area contributed by atoms with E-state index in [1.165, 1.54) is 6.92 Å². The van der Waals surface area contributed by atoms with E-state index in [1.807, 2.05) is 31.9 Å². The van der Waals surface area contributed by atoms with Crippen molar-refractivity contribution in [2.24, 2.45) is 5.92 Å². The van der Waals surface area contributed by atoms with E-state index in [0.717, 1.165) is 11.5 Å². The molecular weight excluding hydrogens is 421 g/mol. The van der Waals surface area contributed by atoms with Crippen molar-refractivity contribution in [1.82, 2.24) is 19.7 Å². The Bertz CT molecular complexity index is 1170. The Labute approximate surface area is 183 Å². The molecule has 1 N–H and O–H groups in total. The monoisotopic (exact) mass is 446 g/mol. The average Bonchev–Trinajstić information content (AvgIpc) is 3.22. The van der Waals surface area contributed by atoms with Gasteiger partial charge >= 0.3 is 6.18 Å². The predicted octanol–water partition coefficient (Wildman–Crippen LogP) is 4.78. The number of nitrogens with zero attached hydrogens (tertiary/aromatic N) is 4. The van der Waals surface area contributed by atoms with Crippen LogP contribution in [0.2, 0.25) is 0 Å². The van der Waals surface area contributed by atoms with Crippen molar-refractivity contribution in [3.8, 4) is 17.0 Å². The normalized spacial score (nSPS) is 17.5. The molecular formula is C23H25F3N4O2. The van der Waals surface area contributed by atoms with Crippen LogP contribution in [-0.4, -0.2) is 42.8 Å². The summed E-state index contributed by atoms with van der Waals surface area (Å²) in [5.41, 5.74) is 0.169. The van der Waals surface area contributed by atoms with Gasteiger partial charge in [-0.1, -0.05) is 0 Å². The number of likely N-dealkylation sites (tertiary alicyclic amines) is 1. The fourth-order valence-electron chi connectivity index (χ4n) is 4.27. The van der Waals surface area contributed by atoms with Crippen LogP contribution in [0.25, 0.3) is 22.3 Å². The molecule has 1 aliphatic rings. The number of amides is 1. The van der Waals surface area contributed by atoms with E-state index in [4.69, 9.17) is 0 Å². The molecule has 9 heteroatoms. The third kappa shape index (κ3) is 4.16. The number of fused-ring (bicyclic) bond motifs is 1. The maximum absolute atomic E-state index is 13.0. The Hall–Kier alpha value is -3.10. The largest absolute Gasteiger partial charge is 0.507 e. The van der Waals surface area contributed by atoms with Crippen LogP contribution in [0.1, 0.15) is 38.3 Å². The number of aromatic hydroxyl groups is 1. The maximum Gasteiger partial charge on any atom is 0.416 e. The summed E-state index contributed by atoms with van der Waals surface area (Å²) in [6.07, 6.45) is -2.23. The molecule has 0 spiro atoms. The van der Waals surface area contributed by atoms with Crippen molar-refractivity contribution in [3.05, 3.63) is 41.6 Å². The fraction of sp³-hybridized carbons (Fsp3) is 0.435. The van der Waals surface area contributed by atoms with Crippen molar-refractivity contribution < 1.29 is 23.1 Å². The quantitative estimate of drug-likeness (QED) is 0.629. The number of hydrogen-bond acceptors (Lipinski definition) is 4. The Morgan fingerprint density at radius 2 is 1.91 bits per heavy atom. The summed E-state index contributed by atoms with van der Waals surface area (Å²) >= 11 is 0. The average molecular weight is 446 g/mol. The number of phenolic OH excluding ortho intramolecular Hbond substituents is 1. The molecule has 0 radical (unpaired) electrons. The molecule has 1 aromatic carbocycles. The number of hydrogen-bond donors (Lipinski definition) is 1. The molecule has 32 heavy (non-hydrogen) atoms. The van der Waals surface area contributed by atoms with Crippen molar-refractivity contribution in [2.75, 3.05) is 6.54 Å². The number of phenols is 1.